The summed E-state index contributed by atoms with van der Waals surface area (Å²) in [7, 11) is 1.89. The molecule has 0 aliphatic heterocycles. The van der Waals surface area contributed by atoms with Gasteiger partial charge in [0.15, 0.2) is 0 Å². The molecule has 5 heteroatoms. The minimum absolute atomic E-state index is 0.160. The largest absolute Gasteiger partial charge is 0.411 e. The molecule has 0 aromatic heterocycles. The highest BCUT2D eigenvalue weighted by atomic mass is 19.4. The standard InChI is InChI=1S/C16H24F3NO/c1-13-5-3-6-14(9-13)10-15(11-20-2)7-4-8-21-12-16(17,18)19/h3,5-6,9,15,20H,4,7-8,10-12H2,1-2H3. The van der Waals surface area contributed by atoms with E-state index in [0.29, 0.717) is 12.3 Å². The Morgan fingerprint density at radius 2 is 2.05 bits per heavy atom. The molecule has 0 amide bonds. The highest BCUT2D eigenvalue weighted by Gasteiger charge is 2.27. The van der Waals surface area contributed by atoms with E-state index in [9.17, 15) is 13.2 Å². The predicted molar refractivity (Wildman–Crippen MR) is 78.4 cm³/mol. The molecule has 1 aromatic carbocycles. The van der Waals surface area contributed by atoms with Crippen molar-refractivity contribution in [2.75, 3.05) is 26.8 Å². The zero-order valence-corrected chi connectivity index (χ0v) is 12.7. The normalized spacial score (nSPS) is 13.4. The molecule has 0 heterocycles. The summed E-state index contributed by atoms with van der Waals surface area (Å²) < 4.78 is 40.5. The number of halogens is 3. The molecule has 0 fully saturated rings. The van der Waals surface area contributed by atoms with Gasteiger partial charge in [-0.25, -0.2) is 0 Å². The van der Waals surface area contributed by atoms with E-state index in [2.05, 4.69) is 35.2 Å². The quantitative estimate of drug-likeness (QED) is 0.702. The van der Waals surface area contributed by atoms with E-state index in [1.807, 2.05) is 13.1 Å². The number of rotatable bonds is 9. The second-order valence-corrected chi connectivity index (χ2v) is 5.43. The summed E-state index contributed by atoms with van der Waals surface area (Å²) in [6.07, 6.45) is -1.80. The van der Waals surface area contributed by atoms with Crippen LogP contribution in [0.5, 0.6) is 0 Å². The molecule has 0 aliphatic carbocycles. The highest BCUT2D eigenvalue weighted by molar-refractivity contribution is 5.22. The first-order valence-electron chi connectivity index (χ1n) is 7.25. The monoisotopic (exact) mass is 303 g/mol. The van der Waals surface area contributed by atoms with E-state index < -0.39 is 12.8 Å². The Kier molecular flexibility index (Phi) is 7.75. The molecule has 0 saturated carbocycles. The van der Waals surface area contributed by atoms with Crippen molar-refractivity contribution in [1.82, 2.24) is 5.32 Å². The number of benzene rings is 1. The van der Waals surface area contributed by atoms with Crippen LogP contribution in [0.1, 0.15) is 24.0 Å². The van der Waals surface area contributed by atoms with Crippen molar-refractivity contribution >= 4 is 0 Å². The first-order chi connectivity index (χ1) is 9.90. The van der Waals surface area contributed by atoms with Crippen LogP contribution in [0.25, 0.3) is 0 Å². The average molecular weight is 303 g/mol. The van der Waals surface area contributed by atoms with Gasteiger partial charge in [0, 0.05) is 6.61 Å². The first-order valence-corrected chi connectivity index (χ1v) is 7.25. The third-order valence-corrected chi connectivity index (χ3v) is 3.27. The molecule has 0 bridgehead atoms. The molecule has 1 aromatic rings. The van der Waals surface area contributed by atoms with Gasteiger partial charge >= 0.3 is 6.18 Å². The zero-order valence-electron chi connectivity index (χ0n) is 12.7. The summed E-state index contributed by atoms with van der Waals surface area (Å²) in [6, 6.07) is 8.34. The molecule has 0 aliphatic rings. The van der Waals surface area contributed by atoms with Gasteiger partial charge in [-0.15, -0.1) is 0 Å². The van der Waals surface area contributed by atoms with Crippen LogP contribution in [-0.4, -0.2) is 33.0 Å². The fraction of sp³-hybridized carbons (Fsp3) is 0.625. The SMILES string of the molecule is CNCC(CCCOCC(F)(F)F)Cc1cccc(C)c1. The van der Waals surface area contributed by atoms with Crippen LogP contribution in [0.4, 0.5) is 13.2 Å². The van der Waals surface area contributed by atoms with Crippen molar-refractivity contribution in [3.05, 3.63) is 35.4 Å². The summed E-state index contributed by atoms with van der Waals surface area (Å²) in [5.41, 5.74) is 2.50. The van der Waals surface area contributed by atoms with Gasteiger partial charge in [-0.2, -0.15) is 13.2 Å². The Balaban J connectivity index is 2.33. The van der Waals surface area contributed by atoms with Crippen molar-refractivity contribution in [1.29, 1.82) is 0 Å². The van der Waals surface area contributed by atoms with E-state index in [4.69, 9.17) is 0 Å². The lowest BCUT2D eigenvalue weighted by molar-refractivity contribution is -0.174. The van der Waals surface area contributed by atoms with Gasteiger partial charge in [0.05, 0.1) is 0 Å². The van der Waals surface area contributed by atoms with Crippen LogP contribution in [0.3, 0.4) is 0 Å². The Bertz CT molecular complexity index is 407. The zero-order chi connectivity index (χ0) is 15.7. The van der Waals surface area contributed by atoms with Crippen LogP contribution in [0, 0.1) is 12.8 Å². The molecular weight excluding hydrogens is 279 g/mol. The minimum atomic E-state index is -4.23. The maximum atomic E-state index is 12.0. The number of hydrogen-bond donors (Lipinski definition) is 1. The topological polar surface area (TPSA) is 21.3 Å². The summed E-state index contributed by atoms with van der Waals surface area (Å²) in [5, 5.41) is 3.15. The average Bonchev–Trinajstić information content (AvgIpc) is 2.37. The first kappa shape index (κ1) is 18.0. The van der Waals surface area contributed by atoms with E-state index in [0.717, 1.165) is 19.4 Å². The third-order valence-electron chi connectivity index (χ3n) is 3.27. The molecule has 120 valence electrons. The lowest BCUT2D eigenvalue weighted by Gasteiger charge is -2.17. The van der Waals surface area contributed by atoms with Crippen LogP contribution < -0.4 is 5.32 Å². The molecule has 2 nitrogen and oxygen atoms in total. The van der Waals surface area contributed by atoms with Gasteiger partial charge in [0.2, 0.25) is 0 Å². The molecule has 0 radical (unpaired) electrons. The predicted octanol–water partition coefficient (Wildman–Crippen LogP) is 3.73. The highest BCUT2D eigenvalue weighted by Crippen LogP contribution is 2.17. The van der Waals surface area contributed by atoms with E-state index in [-0.39, 0.29) is 6.61 Å². The Labute approximate surface area is 124 Å². The van der Waals surface area contributed by atoms with Crippen LogP contribution in [-0.2, 0) is 11.2 Å². The summed E-state index contributed by atoms with van der Waals surface area (Å²) in [6.45, 7) is 1.92. The van der Waals surface area contributed by atoms with Gasteiger partial charge in [-0.05, 0) is 51.3 Å². The molecule has 1 N–H and O–H groups in total. The molecular formula is C16H24F3NO. The Morgan fingerprint density at radius 1 is 1.29 bits per heavy atom. The van der Waals surface area contributed by atoms with Crippen LogP contribution in [0.15, 0.2) is 24.3 Å². The summed E-state index contributed by atoms with van der Waals surface area (Å²) >= 11 is 0. The van der Waals surface area contributed by atoms with E-state index >= 15 is 0 Å². The van der Waals surface area contributed by atoms with E-state index in [1.54, 1.807) is 0 Å². The van der Waals surface area contributed by atoms with Crippen molar-refractivity contribution in [2.24, 2.45) is 5.92 Å². The molecule has 0 spiro atoms. The molecule has 1 rings (SSSR count). The number of aryl methyl sites for hydroxylation is 1. The number of nitrogens with one attached hydrogen (secondary N) is 1. The number of hydrogen-bond acceptors (Lipinski definition) is 2. The Hall–Kier alpha value is -1.07. The fourth-order valence-electron chi connectivity index (χ4n) is 2.40. The van der Waals surface area contributed by atoms with Crippen molar-refractivity contribution < 1.29 is 17.9 Å². The smallest absolute Gasteiger partial charge is 0.372 e. The third kappa shape index (κ3) is 8.73. The van der Waals surface area contributed by atoms with Crippen molar-refractivity contribution in [3.8, 4) is 0 Å². The molecule has 1 unspecified atom stereocenters. The van der Waals surface area contributed by atoms with Gasteiger partial charge in [0.25, 0.3) is 0 Å². The minimum Gasteiger partial charge on any atom is -0.372 e. The lowest BCUT2D eigenvalue weighted by atomic mass is 9.94. The summed E-state index contributed by atoms with van der Waals surface area (Å²) in [5.74, 6) is 0.409. The summed E-state index contributed by atoms with van der Waals surface area (Å²) in [4.78, 5) is 0. The maximum absolute atomic E-state index is 12.0. The maximum Gasteiger partial charge on any atom is 0.411 e. The molecule has 21 heavy (non-hydrogen) atoms. The van der Waals surface area contributed by atoms with Crippen molar-refractivity contribution in [3.63, 3.8) is 0 Å². The van der Waals surface area contributed by atoms with Gasteiger partial charge in [-0.1, -0.05) is 29.8 Å². The van der Waals surface area contributed by atoms with Crippen molar-refractivity contribution in [2.45, 2.75) is 32.4 Å². The Morgan fingerprint density at radius 3 is 2.67 bits per heavy atom. The molecule has 0 saturated heterocycles. The van der Waals surface area contributed by atoms with E-state index in [1.165, 1.54) is 11.1 Å². The van der Waals surface area contributed by atoms with Crippen LogP contribution in [0.2, 0.25) is 0 Å². The molecule has 1 atom stereocenters. The van der Waals surface area contributed by atoms with Crippen LogP contribution >= 0.6 is 0 Å². The number of alkyl halides is 3. The fourth-order valence-corrected chi connectivity index (χ4v) is 2.40. The second kappa shape index (κ2) is 9.05. The number of ether oxygens (including phenoxy) is 1. The lowest BCUT2D eigenvalue weighted by Crippen LogP contribution is -2.22. The van der Waals surface area contributed by atoms with Gasteiger partial charge in [0.1, 0.15) is 6.61 Å². The second-order valence-electron chi connectivity index (χ2n) is 5.43. The van der Waals surface area contributed by atoms with Gasteiger partial charge < -0.3 is 10.1 Å². The van der Waals surface area contributed by atoms with Gasteiger partial charge in [-0.3, -0.25) is 0 Å².